The van der Waals surface area contributed by atoms with Crippen LogP contribution in [0.3, 0.4) is 0 Å². The molecule has 1 heterocycles. The van der Waals surface area contributed by atoms with Crippen molar-refractivity contribution in [2.24, 2.45) is 0 Å². The monoisotopic (exact) mass is 278 g/mol. The van der Waals surface area contributed by atoms with E-state index in [1.165, 1.54) is 18.2 Å². The number of thiophene rings is 1. The lowest BCUT2D eigenvalue weighted by molar-refractivity contribution is 0.0937. The maximum Gasteiger partial charge on any atom is 0.253 e. The molecule has 3 nitrogen and oxygen atoms in total. The van der Waals surface area contributed by atoms with Gasteiger partial charge < -0.3 is 11.1 Å². The van der Waals surface area contributed by atoms with Crippen molar-refractivity contribution >= 4 is 22.9 Å². The normalized spacial score (nSPS) is 12.1. The molecule has 3 N–H and O–H groups in total. The van der Waals surface area contributed by atoms with Gasteiger partial charge in [-0.1, -0.05) is 19.1 Å². The molecule has 19 heavy (non-hydrogen) atoms. The first-order valence-corrected chi connectivity index (χ1v) is 6.89. The van der Waals surface area contributed by atoms with E-state index in [1.807, 2.05) is 24.4 Å². The minimum Gasteiger partial charge on any atom is -0.396 e. The van der Waals surface area contributed by atoms with Crippen LogP contribution in [0.1, 0.15) is 34.6 Å². The lowest BCUT2D eigenvalue weighted by atomic mass is 10.1. The van der Waals surface area contributed by atoms with Gasteiger partial charge in [0.25, 0.3) is 5.91 Å². The van der Waals surface area contributed by atoms with Gasteiger partial charge >= 0.3 is 0 Å². The minimum atomic E-state index is -0.572. The Morgan fingerprint density at radius 3 is 2.84 bits per heavy atom. The number of halogens is 1. The summed E-state index contributed by atoms with van der Waals surface area (Å²) < 4.78 is 13.3. The van der Waals surface area contributed by atoms with Crippen LogP contribution in [0.5, 0.6) is 0 Å². The highest BCUT2D eigenvalue weighted by atomic mass is 32.1. The molecule has 2 rings (SSSR count). The van der Waals surface area contributed by atoms with Gasteiger partial charge in [-0.25, -0.2) is 4.39 Å². The van der Waals surface area contributed by atoms with Crippen LogP contribution in [0, 0.1) is 5.82 Å². The minimum absolute atomic E-state index is 0.0739. The maximum atomic E-state index is 13.3. The average Bonchev–Trinajstić information content (AvgIpc) is 2.92. The fraction of sp³-hybridized carbons (Fsp3) is 0.214. The largest absolute Gasteiger partial charge is 0.396 e. The van der Waals surface area contributed by atoms with Crippen LogP contribution < -0.4 is 11.1 Å². The zero-order valence-corrected chi connectivity index (χ0v) is 11.3. The van der Waals surface area contributed by atoms with Crippen molar-refractivity contribution in [3.63, 3.8) is 0 Å². The quantitative estimate of drug-likeness (QED) is 0.843. The molecule has 0 saturated carbocycles. The summed E-state index contributed by atoms with van der Waals surface area (Å²) in [6.45, 7) is 1.99. The summed E-state index contributed by atoms with van der Waals surface area (Å²) in [7, 11) is 0. The maximum absolute atomic E-state index is 13.3. The number of nitrogens with two attached hydrogens (primary N) is 1. The topological polar surface area (TPSA) is 55.1 Å². The Morgan fingerprint density at radius 1 is 1.42 bits per heavy atom. The number of rotatable bonds is 4. The van der Waals surface area contributed by atoms with E-state index in [0.717, 1.165) is 11.3 Å². The second-order valence-electron chi connectivity index (χ2n) is 4.15. The van der Waals surface area contributed by atoms with E-state index in [-0.39, 0.29) is 23.2 Å². The summed E-state index contributed by atoms with van der Waals surface area (Å²) in [6, 6.07) is 8.07. The van der Waals surface area contributed by atoms with E-state index in [4.69, 9.17) is 5.73 Å². The van der Waals surface area contributed by atoms with Crippen LogP contribution in [-0.4, -0.2) is 5.91 Å². The number of benzene rings is 1. The summed E-state index contributed by atoms with van der Waals surface area (Å²) in [5, 5.41) is 4.84. The van der Waals surface area contributed by atoms with Crippen LogP contribution in [0.15, 0.2) is 35.7 Å². The van der Waals surface area contributed by atoms with E-state index < -0.39 is 5.82 Å². The molecular weight excluding hydrogens is 263 g/mol. The number of nitrogens with one attached hydrogen (secondary N) is 1. The Hall–Kier alpha value is -1.88. The smallest absolute Gasteiger partial charge is 0.253 e. The van der Waals surface area contributed by atoms with Gasteiger partial charge in [0.1, 0.15) is 5.82 Å². The molecule has 0 bridgehead atoms. The van der Waals surface area contributed by atoms with Crippen molar-refractivity contribution in [2.75, 3.05) is 5.73 Å². The average molecular weight is 278 g/mol. The Morgan fingerprint density at radius 2 is 2.21 bits per heavy atom. The van der Waals surface area contributed by atoms with E-state index in [9.17, 15) is 9.18 Å². The summed E-state index contributed by atoms with van der Waals surface area (Å²) >= 11 is 1.58. The molecular formula is C14H15FN2OS. The number of amides is 1. The van der Waals surface area contributed by atoms with Crippen molar-refractivity contribution < 1.29 is 9.18 Å². The molecule has 0 aliphatic heterocycles. The first-order chi connectivity index (χ1) is 9.13. The number of carbonyl (C=O) groups excluding carboxylic acids is 1. The van der Waals surface area contributed by atoms with Crippen LogP contribution in [0.25, 0.3) is 0 Å². The predicted molar refractivity (Wildman–Crippen MR) is 75.6 cm³/mol. The summed E-state index contributed by atoms with van der Waals surface area (Å²) in [6.07, 6.45) is 0.765. The zero-order valence-electron chi connectivity index (χ0n) is 10.5. The van der Waals surface area contributed by atoms with Gasteiger partial charge in [0.05, 0.1) is 17.3 Å². The standard InChI is InChI=1S/C14H15FN2OS/c1-2-11(12-7-4-8-19-12)17-14(18)9-5-3-6-10(15)13(9)16/h3-8,11H,2,16H2,1H3,(H,17,18). The molecule has 5 heteroatoms. The number of hydrogen-bond acceptors (Lipinski definition) is 3. The Bertz CT molecular complexity index is 569. The highest BCUT2D eigenvalue weighted by molar-refractivity contribution is 7.10. The number of hydrogen-bond donors (Lipinski definition) is 2. The predicted octanol–water partition coefficient (Wildman–Crippen LogP) is 3.35. The molecule has 1 atom stereocenters. The van der Waals surface area contributed by atoms with Gasteiger partial charge in [0.2, 0.25) is 0 Å². The van der Waals surface area contributed by atoms with Crippen molar-refractivity contribution in [2.45, 2.75) is 19.4 Å². The number of nitrogen functional groups attached to an aromatic ring is 1. The molecule has 100 valence electrons. The molecule has 0 aliphatic rings. The molecule has 0 aliphatic carbocycles. The van der Waals surface area contributed by atoms with Crippen molar-refractivity contribution in [1.29, 1.82) is 0 Å². The lowest BCUT2D eigenvalue weighted by Crippen LogP contribution is -2.28. The van der Waals surface area contributed by atoms with Gasteiger partial charge in [-0.05, 0) is 30.0 Å². The van der Waals surface area contributed by atoms with Gasteiger partial charge in [-0.2, -0.15) is 0 Å². The molecule has 0 spiro atoms. The molecule has 0 radical (unpaired) electrons. The number of carbonyl (C=O) groups is 1. The second-order valence-corrected chi connectivity index (χ2v) is 5.13. The molecule has 1 amide bonds. The van der Waals surface area contributed by atoms with Crippen molar-refractivity contribution in [3.8, 4) is 0 Å². The molecule has 1 unspecified atom stereocenters. The second kappa shape index (κ2) is 5.84. The van der Waals surface area contributed by atoms with Crippen LogP contribution in [0.4, 0.5) is 10.1 Å². The fourth-order valence-corrected chi connectivity index (χ4v) is 2.70. The van der Waals surface area contributed by atoms with E-state index >= 15 is 0 Å². The number of anilines is 1. The molecule has 1 aromatic heterocycles. The highest BCUT2D eigenvalue weighted by Crippen LogP contribution is 2.23. The SMILES string of the molecule is CCC(NC(=O)c1cccc(F)c1N)c1cccs1. The van der Waals surface area contributed by atoms with Gasteiger partial charge in [0.15, 0.2) is 0 Å². The van der Waals surface area contributed by atoms with E-state index in [2.05, 4.69) is 5.32 Å². The Labute approximate surface area is 115 Å². The molecule has 0 saturated heterocycles. The lowest BCUT2D eigenvalue weighted by Gasteiger charge is -2.16. The van der Waals surface area contributed by atoms with Gasteiger partial charge in [-0.15, -0.1) is 11.3 Å². The summed E-state index contributed by atoms with van der Waals surface area (Å²) in [4.78, 5) is 13.2. The highest BCUT2D eigenvalue weighted by Gasteiger charge is 2.17. The van der Waals surface area contributed by atoms with Crippen molar-refractivity contribution in [1.82, 2.24) is 5.32 Å². The van der Waals surface area contributed by atoms with Crippen LogP contribution >= 0.6 is 11.3 Å². The first-order valence-electron chi connectivity index (χ1n) is 6.01. The Balaban J connectivity index is 2.18. The molecule has 1 aromatic carbocycles. The third-order valence-corrected chi connectivity index (χ3v) is 3.88. The van der Waals surface area contributed by atoms with Crippen molar-refractivity contribution in [3.05, 3.63) is 52.0 Å². The summed E-state index contributed by atoms with van der Waals surface area (Å²) in [5.41, 5.74) is 5.65. The van der Waals surface area contributed by atoms with Crippen LogP contribution in [0.2, 0.25) is 0 Å². The fourth-order valence-electron chi connectivity index (χ4n) is 1.83. The molecule has 0 fully saturated rings. The zero-order chi connectivity index (χ0) is 13.8. The third kappa shape index (κ3) is 2.93. The first kappa shape index (κ1) is 13.5. The third-order valence-electron chi connectivity index (χ3n) is 2.90. The van der Waals surface area contributed by atoms with E-state index in [0.29, 0.717) is 0 Å². The van der Waals surface area contributed by atoms with Gasteiger partial charge in [0, 0.05) is 4.88 Å². The van der Waals surface area contributed by atoms with Crippen LogP contribution in [-0.2, 0) is 0 Å². The van der Waals surface area contributed by atoms with E-state index in [1.54, 1.807) is 11.3 Å². The molecule has 2 aromatic rings. The van der Waals surface area contributed by atoms with Gasteiger partial charge in [-0.3, -0.25) is 4.79 Å². The Kier molecular flexibility index (Phi) is 4.16. The summed E-state index contributed by atoms with van der Waals surface area (Å²) in [5.74, 6) is -0.922. The number of para-hydroxylation sites is 1.